The third-order valence-electron chi connectivity index (χ3n) is 3.86. The summed E-state index contributed by atoms with van der Waals surface area (Å²) in [6, 6.07) is 0. The Morgan fingerprint density at radius 3 is 2.47 bits per heavy atom. The fourth-order valence-corrected chi connectivity index (χ4v) is 2.53. The van der Waals surface area contributed by atoms with Crippen LogP contribution in [0.3, 0.4) is 0 Å². The minimum atomic E-state index is 0.488. The first-order valence-corrected chi connectivity index (χ1v) is 6.29. The first-order chi connectivity index (χ1) is 8.11. The average molecular weight is 231 g/mol. The van der Waals surface area contributed by atoms with E-state index in [1.807, 2.05) is 11.7 Å². The lowest BCUT2D eigenvalue weighted by Crippen LogP contribution is -2.33. The van der Waals surface area contributed by atoms with Crippen LogP contribution < -0.4 is 0 Å². The number of likely N-dealkylation sites (tertiary alicyclic amines) is 1. The summed E-state index contributed by atoms with van der Waals surface area (Å²) < 4.78 is 1.97. The van der Waals surface area contributed by atoms with Gasteiger partial charge in [-0.25, -0.2) is 0 Å². The van der Waals surface area contributed by atoms with Crippen molar-refractivity contribution >= 4 is 0 Å². The van der Waals surface area contributed by atoms with E-state index in [-0.39, 0.29) is 0 Å². The van der Waals surface area contributed by atoms with Crippen LogP contribution >= 0.6 is 0 Å². The van der Waals surface area contributed by atoms with Gasteiger partial charge in [0.15, 0.2) is 0 Å². The van der Waals surface area contributed by atoms with Gasteiger partial charge in [-0.2, -0.15) is 5.10 Å². The lowest BCUT2D eigenvalue weighted by molar-refractivity contribution is 0.198. The van der Waals surface area contributed by atoms with E-state index in [9.17, 15) is 0 Å². The summed E-state index contributed by atoms with van der Waals surface area (Å²) in [5.74, 6) is 3.36. The highest BCUT2D eigenvalue weighted by atomic mass is 15.3. The molecular weight excluding hydrogens is 210 g/mol. The normalized spacial score (nSPS) is 18.2. The van der Waals surface area contributed by atoms with Crippen molar-refractivity contribution in [2.45, 2.75) is 33.2 Å². The van der Waals surface area contributed by atoms with Crippen LogP contribution in [0.25, 0.3) is 0 Å². The predicted molar refractivity (Wildman–Crippen MR) is 69.5 cm³/mol. The van der Waals surface area contributed by atoms with Gasteiger partial charge in [-0.15, -0.1) is 12.3 Å². The minimum Gasteiger partial charge on any atom is -0.299 e. The Kier molecular flexibility index (Phi) is 3.54. The number of terminal acetylenes is 1. The summed E-state index contributed by atoms with van der Waals surface area (Å²) in [5, 5.41) is 4.46. The van der Waals surface area contributed by atoms with Gasteiger partial charge in [0.25, 0.3) is 0 Å². The van der Waals surface area contributed by atoms with E-state index in [0.29, 0.717) is 5.92 Å². The van der Waals surface area contributed by atoms with Gasteiger partial charge < -0.3 is 0 Å². The van der Waals surface area contributed by atoms with Crippen LogP contribution in [-0.4, -0.2) is 27.8 Å². The van der Waals surface area contributed by atoms with Gasteiger partial charge in [0.05, 0.1) is 5.69 Å². The van der Waals surface area contributed by atoms with E-state index in [0.717, 1.165) is 38.2 Å². The molecule has 0 spiro atoms. The quantitative estimate of drug-likeness (QED) is 0.725. The molecule has 0 amide bonds. The van der Waals surface area contributed by atoms with E-state index < -0.39 is 0 Å². The number of piperidine rings is 1. The largest absolute Gasteiger partial charge is 0.299 e. The van der Waals surface area contributed by atoms with Gasteiger partial charge >= 0.3 is 0 Å². The maximum absolute atomic E-state index is 5.47. The van der Waals surface area contributed by atoms with Crippen LogP contribution in [0.2, 0.25) is 0 Å². The maximum Gasteiger partial charge on any atom is 0.0641 e. The van der Waals surface area contributed by atoms with Crippen molar-refractivity contribution in [2.75, 3.05) is 13.1 Å². The molecule has 0 aromatic carbocycles. The SMILES string of the molecule is C#CC1CCN(Cc2c(C)nn(C)c2C)CC1. The second kappa shape index (κ2) is 4.93. The lowest BCUT2D eigenvalue weighted by Gasteiger charge is -2.29. The Bertz CT molecular complexity index is 431. The highest BCUT2D eigenvalue weighted by Crippen LogP contribution is 2.20. The minimum absolute atomic E-state index is 0.488. The first kappa shape index (κ1) is 12.2. The van der Waals surface area contributed by atoms with E-state index >= 15 is 0 Å². The van der Waals surface area contributed by atoms with Crippen LogP contribution in [0, 0.1) is 32.1 Å². The lowest BCUT2D eigenvalue weighted by atomic mass is 9.97. The van der Waals surface area contributed by atoms with Gasteiger partial charge in [-0.05, 0) is 39.8 Å². The number of hydrogen-bond donors (Lipinski definition) is 0. The maximum atomic E-state index is 5.47. The Balaban J connectivity index is 2.00. The van der Waals surface area contributed by atoms with Gasteiger partial charge in [-0.3, -0.25) is 9.58 Å². The molecule has 3 heteroatoms. The van der Waals surface area contributed by atoms with Crippen LogP contribution in [0.4, 0.5) is 0 Å². The van der Waals surface area contributed by atoms with Crippen molar-refractivity contribution in [2.24, 2.45) is 13.0 Å². The summed E-state index contributed by atoms with van der Waals surface area (Å²) >= 11 is 0. The number of hydrogen-bond acceptors (Lipinski definition) is 2. The van der Waals surface area contributed by atoms with Crippen molar-refractivity contribution in [1.29, 1.82) is 0 Å². The Hall–Kier alpha value is -1.27. The highest BCUT2D eigenvalue weighted by Gasteiger charge is 2.19. The second-order valence-corrected chi connectivity index (χ2v) is 4.99. The highest BCUT2D eigenvalue weighted by molar-refractivity contribution is 5.24. The summed E-state index contributed by atoms with van der Waals surface area (Å²) in [7, 11) is 2.01. The molecule has 1 aromatic rings. The van der Waals surface area contributed by atoms with E-state index in [2.05, 4.69) is 29.8 Å². The molecule has 1 aliphatic rings. The smallest absolute Gasteiger partial charge is 0.0641 e. The topological polar surface area (TPSA) is 21.1 Å². The van der Waals surface area contributed by atoms with Crippen molar-refractivity contribution < 1.29 is 0 Å². The molecule has 92 valence electrons. The van der Waals surface area contributed by atoms with Gasteiger partial charge in [0.2, 0.25) is 0 Å². The molecule has 1 aliphatic heterocycles. The summed E-state index contributed by atoms with van der Waals surface area (Å²) in [6.07, 6.45) is 7.74. The summed E-state index contributed by atoms with van der Waals surface area (Å²) in [5.41, 5.74) is 3.82. The summed E-state index contributed by atoms with van der Waals surface area (Å²) in [4.78, 5) is 2.49. The zero-order valence-electron chi connectivity index (χ0n) is 11.0. The Labute approximate surface area is 104 Å². The third-order valence-corrected chi connectivity index (χ3v) is 3.86. The molecule has 0 atom stereocenters. The molecule has 0 unspecified atom stereocenters. The zero-order chi connectivity index (χ0) is 12.4. The second-order valence-electron chi connectivity index (χ2n) is 4.99. The van der Waals surface area contributed by atoms with Crippen molar-refractivity contribution in [3.8, 4) is 12.3 Å². The number of aromatic nitrogens is 2. The molecular formula is C14H21N3. The molecule has 3 nitrogen and oxygen atoms in total. The number of rotatable bonds is 2. The van der Waals surface area contributed by atoms with E-state index in [1.54, 1.807) is 0 Å². The molecule has 0 aliphatic carbocycles. The van der Waals surface area contributed by atoms with E-state index in [4.69, 9.17) is 6.42 Å². The van der Waals surface area contributed by atoms with Crippen LogP contribution in [0.5, 0.6) is 0 Å². The van der Waals surface area contributed by atoms with Crippen LogP contribution in [-0.2, 0) is 13.6 Å². The fraction of sp³-hybridized carbons (Fsp3) is 0.643. The Morgan fingerprint density at radius 2 is 2.00 bits per heavy atom. The molecule has 0 bridgehead atoms. The van der Waals surface area contributed by atoms with Crippen molar-refractivity contribution in [3.63, 3.8) is 0 Å². The monoisotopic (exact) mass is 231 g/mol. The molecule has 17 heavy (non-hydrogen) atoms. The van der Waals surface area contributed by atoms with Gasteiger partial charge in [-0.1, -0.05) is 0 Å². The standard InChI is InChI=1S/C14H21N3/c1-5-13-6-8-17(9-7-13)10-14-11(2)15-16(4)12(14)3/h1,13H,6-10H2,2-4H3. The predicted octanol–water partition coefficient (Wildman–Crippen LogP) is 1.88. The molecule has 1 aromatic heterocycles. The summed E-state index contributed by atoms with van der Waals surface area (Å²) in [6.45, 7) is 7.48. The number of nitrogens with zero attached hydrogens (tertiary/aromatic N) is 3. The van der Waals surface area contributed by atoms with E-state index in [1.165, 1.54) is 11.3 Å². The molecule has 2 rings (SSSR count). The number of aryl methyl sites for hydroxylation is 2. The molecule has 0 N–H and O–H groups in total. The molecule has 0 saturated carbocycles. The van der Waals surface area contributed by atoms with Crippen LogP contribution in [0.1, 0.15) is 29.8 Å². The van der Waals surface area contributed by atoms with Gasteiger partial charge in [0.1, 0.15) is 0 Å². The molecule has 0 radical (unpaired) electrons. The van der Waals surface area contributed by atoms with Crippen molar-refractivity contribution in [1.82, 2.24) is 14.7 Å². The molecule has 1 saturated heterocycles. The average Bonchev–Trinajstić information content (AvgIpc) is 2.57. The first-order valence-electron chi connectivity index (χ1n) is 6.29. The fourth-order valence-electron chi connectivity index (χ4n) is 2.53. The van der Waals surface area contributed by atoms with Crippen molar-refractivity contribution in [3.05, 3.63) is 17.0 Å². The Morgan fingerprint density at radius 1 is 1.35 bits per heavy atom. The van der Waals surface area contributed by atoms with Crippen LogP contribution in [0.15, 0.2) is 0 Å². The van der Waals surface area contributed by atoms with Gasteiger partial charge in [0, 0.05) is 30.8 Å². The molecule has 1 fully saturated rings. The molecule has 2 heterocycles. The zero-order valence-corrected chi connectivity index (χ0v) is 11.0. The third kappa shape index (κ3) is 2.53.